The molecule has 0 aliphatic carbocycles. The molecule has 3 N–H and O–H groups in total. The van der Waals surface area contributed by atoms with Crippen LogP contribution in [-0.2, 0) is 9.53 Å². The van der Waals surface area contributed by atoms with E-state index in [9.17, 15) is 38.0 Å². The van der Waals surface area contributed by atoms with Crippen LogP contribution in [0.1, 0.15) is 18.7 Å². The Morgan fingerprint density at radius 1 is 1.52 bits per heavy atom. The maximum absolute atomic E-state index is 13.3. The van der Waals surface area contributed by atoms with E-state index in [0.717, 1.165) is 12.1 Å². The van der Waals surface area contributed by atoms with E-state index in [4.69, 9.17) is 4.42 Å². The molecule has 1 aromatic heterocycles. The molecule has 1 aliphatic heterocycles. The van der Waals surface area contributed by atoms with Crippen LogP contribution >= 0.6 is 0 Å². The number of esters is 1. The molecule has 2 rings (SSSR count). The fourth-order valence-corrected chi connectivity index (χ4v) is 2.38. The Morgan fingerprint density at radius 2 is 2.16 bits per heavy atom. The molecule has 1 fully saturated rings. The van der Waals surface area contributed by atoms with E-state index in [-0.39, 0.29) is 6.61 Å². The SMILES string of the molecule is CCOC(=O)[C@@H]1[C@H](c2ccc([N+](=O)[O-])o2)NC(=O)N[C@]1(O)C(F)(F)F. The van der Waals surface area contributed by atoms with Gasteiger partial charge in [0.15, 0.2) is 0 Å². The van der Waals surface area contributed by atoms with Gasteiger partial charge in [0.05, 0.1) is 12.7 Å². The second-order valence-electron chi connectivity index (χ2n) is 5.00. The first-order valence-corrected chi connectivity index (χ1v) is 6.79. The highest BCUT2D eigenvalue weighted by Crippen LogP contribution is 2.43. The maximum atomic E-state index is 13.3. The highest BCUT2D eigenvalue weighted by molar-refractivity contribution is 5.83. The van der Waals surface area contributed by atoms with Crippen LogP contribution in [0.2, 0.25) is 0 Å². The Bertz CT molecular complexity index is 704. The summed E-state index contributed by atoms with van der Waals surface area (Å²) in [4.78, 5) is 33.3. The minimum absolute atomic E-state index is 0.303. The fourth-order valence-electron chi connectivity index (χ4n) is 2.38. The second-order valence-corrected chi connectivity index (χ2v) is 5.00. The van der Waals surface area contributed by atoms with Gasteiger partial charge >= 0.3 is 24.1 Å². The number of carbonyl (C=O) groups excluding carboxylic acids is 2. The lowest BCUT2D eigenvalue weighted by atomic mass is 9.84. The molecule has 10 nitrogen and oxygen atoms in total. The number of carbonyl (C=O) groups is 2. The van der Waals surface area contributed by atoms with Crippen molar-refractivity contribution >= 4 is 17.9 Å². The predicted molar refractivity (Wildman–Crippen MR) is 70.9 cm³/mol. The molecule has 0 unspecified atom stereocenters. The third-order valence-electron chi connectivity index (χ3n) is 3.45. The Hall–Kier alpha value is -2.83. The topological polar surface area (TPSA) is 144 Å². The minimum Gasteiger partial charge on any atom is -0.466 e. The number of aliphatic hydroxyl groups is 1. The number of hydrogen-bond donors (Lipinski definition) is 3. The first-order chi connectivity index (χ1) is 11.5. The molecule has 3 atom stereocenters. The van der Waals surface area contributed by atoms with Gasteiger partial charge in [-0.05, 0) is 13.0 Å². The summed E-state index contributed by atoms with van der Waals surface area (Å²) in [5.41, 5.74) is -3.96. The van der Waals surface area contributed by atoms with Gasteiger partial charge < -0.3 is 24.9 Å². The van der Waals surface area contributed by atoms with E-state index in [1.807, 2.05) is 5.32 Å². The summed E-state index contributed by atoms with van der Waals surface area (Å²) in [6.07, 6.45) is -5.45. The summed E-state index contributed by atoms with van der Waals surface area (Å²) in [7, 11) is 0. The molecule has 1 saturated heterocycles. The monoisotopic (exact) mass is 367 g/mol. The third kappa shape index (κ3) is 3.22. The van der Waals surface area contributed by atoms with Crippen LogP contribution < -0.4 is 10.6 Å². The van der Waals surface area contributed by atoms with Crippen LogP contribution in [0.4, 0.5) is 23.8 Å². The number of urea groups is 1. The van der Waals surface area contributed by atoms with E-state index in [2.05, 4.69) is 4.74 Å². The van der Waals surface area contributed by atoms with Crippen LogP contribution in [0.15, 0.2) is 16.5 Å². The number of ether oxygens (including phenoxy) is 1. The van der Waals surface area contributed by atoms with Gasteiger partial charge in [-0.3, -0.25) is 14.9 Å². The van der Waals surface area contributed by atoms with Crippen molar-refractivity contribution in [2.75, 3.05) is 6.61 Å². The van der Waals surface area contributed by atoms with Crippen molar-refractivity contribution in [2.24, 2.45) is 5.92 Å². The molecule has 0 radical (unpaired) electrons. The van der Waals surface area contributed by atoms with Crippen LogP contribution in [0.25, 0.3) is 0 Å². The van der Waals surface area contributed by atoms with Gasteiger partial charge in [-0.15, -0.1) is 0 Å². The number of nitro groups is 1. The lowest BCUT2D eigenvalue weighted by Gasteiger charge is -2.43. The maximum Gasteiger partial charge on any atom is 0.437 e. The normalized spacial score (nSPS) is 26.5. The van der Waals surface area contributed by atoms with Gasteiger partial charge in [-0.2, -0.15) is 13.2 Å². The zero-order valence-corrected chi connectivity index (χ0v) is 12.5. The lowest BCUT2D eigenvalue weighted by molar-refractivity contribution is -0.402. The van der Waals surface area contributed by atoms with Crippen LogP contribution in [0.3, 0.4) is 0 Å². The number of nitrogens with one attached hydrogen (secondary N) is 2. The lowest BCUT2D eigenvalue weighted by Crippen LogP contribution is -2.73. The number of nitrogens with zero attached hydrogens (tertiary/aromatic N) is 1. The van der Waals surface area contributed by atoms with Gasteiger partial charge in [-0.1, -0.05) is 0 Å². The second kappa shape index (κ2) is 6.23. The standard InChI is InChI=1S/C12H12F3N3O7/c1-2-24-9(19)7-8(5-3-4-6(25-5)18(22)23)16-10(20)17-11(7,21)12(13,14)15/h3-4,7-8,21H,2H2,1H3,(H2,16,17,20)/t7-,8-,11+/m0/s1. The molecule has 13 heteroatoms. The quantitative estimate of drug-likeness (QED) is 0.409. The minimum atomic E-state index is -5.45. The van der Waals surface area contributed by atoms with E-state index in [1.54, 1.807) is 0 Å². The summed E-state index contributed by atoms with van der Waals surface area (Å²) in [5.74, 6) is -5.24. The van der Waals surface area contributed by atoms with Crippen molar-refractivity contribution in [1.29, 1.82) is 0 Å². The Balaban J connectivity index is 2.55. The average molecular weight is 367 g/mol. The van der Waals surface area contributed by atoms with E-state index >= 15 is 0 Å². The molecule has 1 aliphatic rings. The van der Waals surface area contributed by atoms with Crippen molar-refractivity contribution in [3.05, 3.63) is 28.0 Å². The summed E-state index contributed by atoms with van der Waals surface area (Å²) >= 11 is 0. The summed E-state index contributed by atoms with van der Waals surface area (Å²) in [6, 6.07) is -1.56. The van der Waals surface area contributed by atoms with Crippen LogP contribution in [-0.4, -0.2) is 40.5 Å². The molecule has 1 aromatic rings. The van der Waals surface area contributed by atoms with E-state index in [0.29, 0.717) is 0 Å². The Labute approximate surface area is 137 Å². The number of hydrogen-bond acceptors (Lipinski definition) is 7. The number of rotatable bonds is 4. The zero-order chi connectivity index (χ0) is 19.0. The fraction of sp³-hybridized carbons (Fsp3) is 0.500. The van der Waals surface area contributed by atoms with Crippen molar-refractivity contribution in [2.45, 2.75) is 24.9 Å². The van der Waals surface area contributed by atoms with Crippen LogP contribution in [0.5, 0.6) is 0 Å². The molecule has 0 saturated carbocycles. The van der Waals surface area contributed by atoms with Crippen molar-refractivity contribution in [3.63, 3.8) is 0 Å². The molecule has 0 aromatic carbocycles. The van der Waals surface area contributed by atoms with Gasteiger partial charge in [0, 0.05) is 0 Å². The van der Waals surface area contributed by atoms with Gasteiger partial charge in [0.25, 0.3) is 5.72 Å². The Kier molecular flexibility index (Phi) is 4.61. The van der Waals surface area contributed by atoms with Crippen molar-refractivity contribution in [1.82, 2.24) is 10.6 Å². The van der Waals surface area contributed by atoms with Gasteiger partial charge in [0.2, 0.25) is 0 Å². The summed E-state index contributed by atoms with van der Waals surface area (Å²) < 4.78 is 49.3. The van der Waals surface area contributed by atoms with Gasteiger partial charge in [0.1, 0.15) is 22.6 Å². The highest BCUT2D eigenvalue weighted by Gasteiger charge is 2.67. The largest absolute Gasteiger partial charge is 0.466 e. The van der Waals surface area contributed by atoms with Crippen molar-refractivity contribution < 1.29 is 41.9 Å². The van der Waals surface area contributed by atoms with E-state index in [1.165, 1.54) is 12.2 Å². The van der Waals surface area contributed by atoms with Gasteiger partial charge in [-0.25, -0.2) is 4.79 Å². The number of halogens is 3. The van der Waals surface area contributed by atoms with Crippen molar-refractivity contribution in [3.8, 4) is 0 Å². The molecule has 0 bridgehead atoms. The average Bonchev–Trinajstić information content (AvgIpc) is 2.95. The molecule has 0 spiro atoms. The van der Waals surface area contributed by atoms with E-state index < -0.39 is 52.4 Å². The number of alkyl halides is 3. The third-order valence-corrected chi connectivity index (χ3v) is 3.45. The first kappa shape index (κ1) is 18.5. The summed E-state index contributed by atoms with van der Waals surface area (Å²) in [6.45, 7) is 1.02. The smallest absolute Gasteiger partial charge is 0.437 e. The molecule has 138 valence electrons. The predicted octanol–water partition coefficient (Wildman–Crippen LogP) is 0.972. The zero-order valence-electron chi connectivity index (χ0n) is 12.5. The molecular weight excluding hydrogens is 355 g/mol. The highest BCUT2D eigenvalue weighted by atomic mass is 19.4. The first-order valence-electron chi connectivity index (χ1n) is 6.79. The number of furan rings is 1. The molecule has 2 heterocycles. The molecule has 2 amide bonds. The molecule has 25 heavy (non-hydrogen) atoms. The summed E-state index contributed by atoms with van der Waals surface area (Å²) in [5, 5.41) is 23.9. The molecular formula is C12H12F3N3O7. The number of amides is 2. The van der Waals surface area contributed by atoms with Crippen LogP contribution in [0, 0.1) is 16.0 Å². The Morgan fingerprint density at radius 3 is 2.64 bits per heavy atom.